The van der Waals surface area contributed by atoms with E-state index >= 15 is 0 Å². The predicted octanol–water partition coefficient (Wildman–Crippen LogP) is 7.28. The zero-order chi connectivity index (χ0) is 28.0. The van der Waals surface area contributed by atoms with Gasteiger partial charge < -0.3 is 4.57 Å². The number of aromatic nitrogens is 2. The SMILES string of the molecule is BC=C(c1ccccc1)c1ccccc1.CCC=CC(C)[SiH2]C(c1ccccc1)(c1ccccc1)n1ccnc1. The molecule has 0 saturated carbocycles. The van der Waals surface area contributed by atoms with Crippen LogP contribution in [0.4, 0.5) is 0 Å². The molecule has 4 heteroatoms. The van der Waals surface area contributed by atoms with Gasteiger partial charge in [0.2, 0.25) is 0 Å². The van der Waals surface area contributed by atoms with E-state index in [0.717, 1.165) is 6.42 Å². The smallest absolute Gasteiger partial charge is 0.130 e. The highest BCUT2D eigenvalue weighted by Crippen LogP contribution is 2.36. The van der Waals surface area contributed by atoms with Gasteiger partial charge in [-0.3, -0.25) is 0 Å². The van der Waals surface area contributed by atoms with E-state index in [1.807, 2.05) is 24.7 Å². The van der Waals surface area contributed by atoms with Crippen molar-refractivity contribution in [2.24, 2.45) is 0 Å². The highest BCUT2D eigenvalue weighted by Gasteiger charge is 2.37. The maximum Gasteiger partial charge on any atom is 0.130 e. The van der Waals surface area contributed by atoms with Crippen molar-refractivity contribution >= 4 is 22.9 Å². The molecule has 0 fully saturated rings. The second kappa shape index (κ2) is 14.9. The van der Waals surface area contributed by atoms with E-state index in [4.69, 9.17) is 0 Å². The molecule has 4 aromatic carbocycles. The van der Waals surface area contributed by atoms with E-state index in [1.165, 1.54) is 27.8 Å². The molecule has 1 atom stereocenters. The van der Waals surface area contributed by atoms with E-state index in [2.05, 4.69) is 165 Å². The van der Waals surface area contributed by atoms with Crippen LogP contribution < -0.4 is 0 Å². The Morgan fingerprint density at radius 2 is 1.27 bits per heavy atom. The summed E-state index contributed by atoms with van der Waals surface area (Å²) in [7, 11) is 1.47. The topological polar surface area (TPSA) is 17.8 Å². The van der Waals surface area contributed by atoms with Crippen molar-refractivity contribution in [3.8, 4) is 0 Å². The van der Waals surface area contributed by atoms with Crippen LogP contribution in [0.3, 0.4) is 0 Å². The van der Waals surface area contributed by atoms with Gasteiger partial charge in [0.05, 0.1) is 21.0 Å². The van der Waals surface area contributed by atoms with Gasteiger partial charge in [-0.25, -0.2) is 4.98 Å². The first-order valence-electron chi connectivity index (χ1n) is 14.2. The van der Waals surface area contributed by atoms with Crippen molar-refractivity contribution in [2.75, 3.05) is 0 Å². The van der Waals surface area contributed by atoms with Gasteiger partial charge >= 0.3 is 0 Å². The predicted molar refractivity (Wildman–Crippen MR) is 177 cm³/mol. The Morgan fingerprint density at radius 1 is 0.800 bits per heavy atom. The number of benzene rings is 4. The number of imidazole rings is 1. The minimum Gasteiger partial charge on any atom is -0.327 e. The summed E-state index contributed by atoms with van der Waals surface area (Å²) >= 11 is 0. The van der Waals surface area contributed by atoms with Gasteiger partial charge in [-0.15, -0.1) is 5.98 Å². The number of allylic oxidation sites excluding steroid dienone is 2. The van der Waals surface area contributed by atoms with Crippen LogP contribution in [-0.4, -0.2) is 26.9 Å². The minimum absolute atomic E-state index is 0.128. The first-order valence-corrected chi connectivity index (χ1v) is 15.7. The van der Waals surface area contributed by atoms with E-state index in [1.54, 1.807) is 0 Å². The van der Waals surface area contributed by atoms with Gasteiger partial charge in [0, 0.05) is 12.4 Å². The zero-order valence-corrected chi connectivity index (χ0v) is 25.3. The fourth-order valence-electron chi connectivity index (χ4n) is 5.36. The normalized spacial score (nSPS) is 12.2. The molecule has 0 radical (unpaired) electrons. The number of hydrogen-bond acceptors (Lipinski definition) is 1. The average Bonchev–Trinajstić information content (AvgIpc) is 3.57. The second-order valence-corrected chi connectivity index (χ2v) is 12.7. The van der Waals surface area contributed by atoms with Crippen molar-refractivity contribution in [3.63, 3.8) is 0 Å². The number of nitrogens with zero attached hydrogens (tertiary/aromatic N) is 2. The molecule has 0 aliphatic carbocycles. The molecule has 40 heavy (non-hydrogen) atoms. The third-order valence-electron chi connectivity index (χ3n) is 7.22. The zero-order valence-electron chi connectivity index (χ0n) is 23.9. The molecule has 0 amide bonds. The molecule has 200 valence electrons. The Labute approximate surface area is 243 Å². The first kappa shape index (κ1) is 28.8. The van der Waals surface area contributed by atoms with Gasteiger partial charge in [-0.2, -0.15) is 0 Å². The molecule has 1 heterocycles. The standard InChI is InChI=1S/C22H26N2Si.C14H13B/c1-3-4-11-19(2)25-22(24-17-16-23-18-24,20-12-7-5-8-13-20)21-14-9-6-10-15-21;15-11-14(12-7-3-1-4-8-12)13-9-5-2-6-10-13/h4-19H,3,25H2,1-2H3;1-11H,15H2. The van der Waals surface area contributed by atoms with E-state index < -0.39 is 9.52 Å². The van der Waals surface area contributed by atoms with Crippen LogP contribution in [0, 0.1) is 0 Å². The Balaban J connectivity index is 0.000000210. The highest BCUT2D eigenvalue weighted by atomic mass is 28.2. The van der Waals surface area contributed by atoms with Crippen molar-refractivity contribution in [1.29, 1.82) is 0 Å². The summed E-state index contributed by atoms with van der Waals surface area (Å²) in [5.41, 5.74) is 7.11. The molecule has 0 saturated heterocycles. The molecular formula is C36H39BN2Si. The van der Waals surface area contributed by atoms with Crippen LogP contribution in [0.2, 0.25) is 5.54 Å². The molecular weight excluding hydrogens is 499 g/mol. The van der Waals surface area contributed by atoms with Crippen LogP contribution in [0.25, 0.3) is 5.57 Å². The molecule has 2 nitrogen and oxygen atoms in total. The van der Waals surface area contributed by atoms with E-state index in [0.29, 0.717) is 5.54 Å². The summed E-state index contributed by atoms with van der Waals surface area (Å²) in [5, 5.41) is -0.128. The Kier molecular flexibility index (Phi) is 10.7. The van der Waals surface area contributed by atoms with E-state index in [-0.39, 0.29) is 5.16 Å². The van der Waals surface area contributed by atoms with Gasteiger partial charge in [-0.05, 0) is 39.8 Å². The lowest BCUT2D eigenvalue weighted by atomic mass is 9.92. The van der Waals surface area contributed by atoms with Crippen LogP contribution in [-0.2, 0) is 5.16 Å². The summed E-state index contributed by atoms with van der Waals surface area (Å²) in [4.78, 5) is 4.38. The quantitative estimate of drug-likeness (QED) is 0.142. The first-order chi connectivity index (χ1) is 19.7. The van der Waals surface area contributed by atoms with Crippen LogP contribution in [0.5, 0.6) is 0 Å². The van der Waals surface area contributed by atoms with Crippen LogP contribution >= 0.6 is 0 Å². The summed E-state index contributed by atoms with van der Waals surface area (Å²) < 4.78 is 2.32. The minimum atomic E-state index is -0.607. The molecule has 0 spiro atoms. The average molecular weight is 539 g/mol. The van der Waals surface area contributed by atoms with Crippen molar-refractivity contribution in [3.05, 3.63) is 180 Å². The summed E-state index contributed by atoms with van der Waals surface area (Å²) in [5.74, 6) is 2.16. The third kappa shape index (κ3) is 7.08. The monoisotopic (exact) mass is 538 g/mol. The lowest BCUT2D eigenvalue weighted by molar-refractivity contribution is 0.587. The summed E-state index contributed by atoms with van der Waals surface area (Å²) in [6.07, 6.45) is 11.8. The van der Waals surface area contributed by atoms with Gasteiger partial charge in [0.15, 0.2) is 0 Å². The molecule has 0 aliphatic rings. The molecule has 0 N–H and O–H groups in total. The summed E-state index contributed by atoms with van der Waals surface area (Å²) in [6.45, 7) is 4.55. The molecule has 0 aliphatic heterocycles. The number of hydrogen-bond donors (Lipinski definition) is 0. The molecule has 5 rings (SSSR count). The maximum absolute atomic E-state index is 4.38. The van der Waals surface area contributed by atoms with Gasteiger partial charge in [-0.1, -0.05) is 147 Å². The van der Waals surface area contributed by atoms with Crippen molar-refractivity contribution < 1.29 is 0 Å². The second-order valence-electron chi connectivity index (χ2n) is 10.0. The maximum atomic E-state index is 4.38. The summed E-state index contributed by atoms with van der Waals surface area (Å²) in [6, 6.07) is 42.7. The Hall–Kier alpha value is -4.15. The third-order valence-corrected chi connectivity index (χ3v) is 9.91. The van der Waals surface area contributed by atoms with Gasteiger partial charge in [0.1, 0.15) is 7.85 Å². The largest absolute Gasteiger partial charge is 0.327 e. The molecule has 5 aromatic rings. The van der Waals surface area contributed by atoms with Crippen molar-refractivity contribution in [1.82, 2.24) is 9.55 Å². The molecule has 1 aromatic heterocycles. The molecule has 1 unspecified atom stereocenters. The Morgan fingerprint density at radius 3 is 1.68 bits per heavy atom. The molecule has 0 bridgehead atoms. The lowest BCUT2D eigenvalue weighted by Gasteiger charge is -2.38. The fourth-order valence-corrected chi connectivity index (χ4v) is 7.96. The van der Waals surface area contributed by atoms with Crippen molar-refractivity contribution in [2.45, 2.75) is 31.0 Å². The van der Waals surface area contributed by atoms with Gasteiger partial charge in [0.25, 0.3) is 0 Å². The Bertz CT molecular complexity index is 1370. The highest BCUT2D eigenvalue weighted by molar-refractivity contribution is 6.44. The number of rotatable bonds is 9. The van der Waals surface area contributed by atoms with Crippen LogP contribution in [0.15, 0.2) is 158 Å². The lowest BCUT2D eigenvalue weighted by Crippen LogP contribution is -2.43. The van der Waals surface area contributed by atoms with Crippen LogP contribution in [0.1, 0.15) is 42.5 Å². The fraction of sp³-hybridized carbons (Fsp3) is 0.139. The van der Waals surface area contributed by atoms with E-state index in [9.17, 15) is 0 Å².